The quantitative estimate of drug-likeness (QED) is 0.643. The molecule has 0 saturated carbocycles. The van der Waals surface area contributed by atoms with E-state index in [4.69, 9.17) is 0 Å². The average molecular weight is 211 g/mol. The molecule has 0 amide bonds. The number of unbranched alkanes of at least 4 members (excludes halogenated alkanes) is 1. The Kier molecular flexibility index (Phi) is 5.11. The Bertz CT molecular complexity index is 172. The molecule has 1 unspecified atom stereocenters. The maximum Gasteiger partial charge on any atom is 0.00153 e. The van der Waals surface area contributed by atoms with Crippen molar-refractivity contribution >= 4 is 0 Å². The van der Waals surface area contributed by atoms with E-state index in [9.17, 15) is 0 Å². The molecular formula is C14H29N. The van der Waals surface area contributed by atoms with Crippen LogP contribution in [0, 0.1) is 11.3 Å². The fourth-order valence-corrected chi connectivity index (χ4v) is 2.81. The van der Waals surface area contributed by atoms with Crippen molar-refractivity contribution in [3.63, 3.8) is 0 Å². The predicted molar refractivity (Wildman–Crippen MR) is 68.1 cm³/mol. The van der Waals surface area contributed by atoms with Crippen LogP contribution in [-0.2, 0) is 0 Å². The molecule has 0 aliphatic carbocycles. The van der Waals surface area contributed by atoms with Gasteiger partial charge in [-0.25, -0.2) is 0 Å². The van der Waals surface area contributed by atoms with E-state index in [0.29, 0.717) is 5.41 Å². The lowest BCUT2D eigenvalue weighted by Gasteiger charge is -2.33. The summed E-state index contributed by atoms with van der Waals surface area (Å²) in [6, 6.07) is 0. The second kappa shape index (κ2) is 5.89. The molecular weight excluding hydrogens is 182 g/mol. The zero-order valence-electron chi connectivity index (χ0n) is 11.2. The van der Waals surface area contributed by atoms with E-state index in [0.717, 1.165) is 5.92 Å². The molecule has 0 radical (unpaired) electrons. The van der Waals surface area contributed by atoms with Gasteiger partial charge in [0.25, 0.3) is 0 Å². The van der Waals surface area contributed by atoms with Crippen molar-refractivity contribution in [1.82, 2.24) is 4.90 Å². The van der Waals surface area contributed by atoms with Gasteiger partial charge < -0.3 is 4.90 Å². The summed E-state index contributed by atoms with van der Waals surface area (Å²) < 4.78 is 0. The lowest BCUT2D eigenvalue weighted by atomic mass is 9.72. The molecule has 0 spiro atoms. The van der Waals surface area contributed by atoms with Gasteiger partial charge in [-0.3, -0.25) is 0 Å². The Labute approximate surface area is 96.2 Å². The van der Waals surface area contributed by atoms with Crippen molar-refractivity contribution in [2.24, 2.45) is 11.3 Å². The van der Waals surface area contributed by atoms with Crippen LogP contribution in [0.25, 0.3) is 0 Å². The number of hydrogen-bond acceptors (Lipinski definition) is 1. The van der Waals surface area contributed by atoms with E-state index in [1.807, 2.05) is 0 Å². The fraction of sp³-hybridized carbons (Fsp3) is 1.00. The van der Waals surface area contributed by atoms with Gasteiger partial charge in [0.2, 0.25) is 0 Å². The average Bonchev–Trinajstić information content (AvgIpc) is 2.74. The molecule has 0 bridgehead atoms. The molecule has 1 fully saturated rings. The highest BCUT2D eigenvalue weighted by atomic mass is 15.1. The minimum absolute atomic E-state index is 0.598. The van der Waals surface area contributed by atoms with Gasteiger partial charge in [-0.15, -0.1) is 0 Å². The van der Waals surface area contributed by atoms with Gasteiger partial charge in [0.15, 0.2) is 0 Å². The van der Waals surface area contributed by atoms with Crippen LogP contribution in [0.15, 0.2) is 0 Å². The number of nitrogens with zero attached hydrogens (tertiary/aromatic N) is 1. The molecule has 0 aromatic heterocycles. The van der Waals surface area contributed by atoms with Crippen LogP contribution in [0.5, 0.6) is 0 Å². The van der Waals surface area contributed by atoms with Crippen LogP contribution < -0.4 is 0 Å². The standard InChI is InChI=1S/C14H29N/c1-5-8-10-15-11-9-13(12-15)14(4,6-2)7-3/h13H,5-12H2,1-4H3. The maximum atomic E-state index is 2.68. The summed E-state index contributed by atoms with van der Waals surface area (Å²) >= 11 is 0. The van der Waals surface area contributed by atoms with Gasteiger partial charge in [-0.05, 0) is 37.3 Å². The van der Waals surface area contributed by atoms with E-state index in [1.54, 1.807) is 0 Å². The largest absolute Gasteiger partial charge is 0.303 e. The molecule has 0 aromatic carbocycles. The third-order valence-electron chi connectivity index (χ3n) is 4.70. The van der Waals surface area contributed by atoms with E-state index >= 15 is 0 Å². The summed E-state index contributed by atoms with van der Waals surface area (Å²) in [6.07, 6.45) is 6.83. The Morgan fingerprint density at radius 2 is 1.87 bits per heavy atom. The van der Waals surface area contributed by atoms with E-state index in [2.05, 4.69) is 32.6 Å². The molecule has 0 N–H and O–H groups in total. The predicted octanol–water partition coefficient (Wildman–Crippen LogP) is 3.93. The first-order valence-corrected chi connectivity index (χ1v) is 6.88. The van der Waals surface area contributed by atoms with Crippen LogP contribution >= 0.6 is 0 Å². The first kappa shape index (κ1) is 13.0. The van der Waals surface area contributed by atoms with Gasteiger partial charge in [0.05, 0.1) is 0 Å². The zero-order valence-corrected chi connectivity index (χ0v) is 11.2. The Hall–Kier alpha value is -0.0400. The summed E-state index contributed by atoms with van der Waals surface area (Å²) in [5, 5.41) is 0. The monoisotopic (exact) mass is 211 g/mol. The van der Waals surface area contributed by atoms with Crippen molar-refractivity contribution in [2.75, 3.05) is 19.6 Å². The third kappa shape index (κ3) is 3.21. The number of hydrogen-bond donors (Lipinski definition) is 0. The molecule has 1 heteroatoms. The highest BCUT2D eigenvalue weighted by molar-refractivity contribution is 4.87. The normalized spacial score (nSPS) is 23.6. The Balaban J connectivity index is 2.40. The highest BCUT2D eigenvalue weighted by Gasteiger charge is 2.35. The first-order valence-electron chi connectivity index (χ1n) is 6.88. The topological polar surface area (TPSA) is 3.24 Å². The summed E-state index contributed by atoms with van der Waals surface area (Å²) in [5.41, 5.74) is 0.598. The molecule has 1 nitrogen and oxygen atoms in total. The van der Waals surface area contributed by atoms with Crippen LogP contribution in [-0.4, -0.2) is 24.5 Å². The van der Waals surface area contributed by atoms with Crippen LogP contribution in [0.2, 0.25) is 0 Å². The summed E-state index contributed by atoms with van der Waals surface area (Å²) in [4.78, 5) is 2.68. The van der Waals surface area contributed by atoms with Crippen molar-refractivity contribution in [2.45, 2.75) is 59.8 Å². The summed E-state index contributed by atoms with van der Waals surface area (Å²) in [7, 11) is 0. The van der Waals surface area contributed by atoms with Crippen molar-refractivity contribution in [3.05, 3.63) is 0 Å². The van der Waals surface area contributed by atoms with Gasteiger partial charge in [0.1, 0.15) is 0 Å². The van der Waals surface area contributed by atoms with E-state index < -0.39 is 0 Å². The molecule has 1 aliphatic heterocycles. The Morgan fingerprint density at radius 3 is 2.40 bits per heavy atom. The minimum atomic E-state index is 0.598. The second-order valence-electron chi connectivity index (χ2n) is 5.50. The van der Waals surface area contributed by atoms with Gasteiger partial charge in [-0.2, -0.15) is 0 Å². The molecule has 1 atom stereocenters. The first-order chi connectivity index (χ1) is 7.16. The van der Waals surface area contributed by atoms with Crippen molar-refractivity contribution in [3.8, 4) is 0 Å². The fourth-order valence-electron chi connectivity index (χ4n) is 2.81. The molecule has 1 rings (SSSR count). The molecule has 1 saturated heterocycles. The van der Waals surface area contributed by atoms with E-state index in [1.165, 1.54) is 51.7 Å². The third-order valence-corrected chi connectivity index (χ3v) is 4.70. The summed E-state index contributed by atoms with van der Waals surface area (Å²) in [6.45, 7) is 13.5. The smallest absolute Gasteiger partial charge is 0.00153 e. The minimum Gasteiger partial charge on any atom is -0.303 e. The SMILES string of the molecule is CCCCN1CCC(C(C)(CC)CC)C1. The zero-order chi connectivity index (χ0) is 11.3. The second-order valence-corrected chi connectivity index (χ2v) is 5.50. The molecule has 90 valence electrons. The van der Waals surface area contributed by atoms with Crippen molar-refractivity contribution < 1.29 is 0 Å². The molecule has 1 heterocycles. The molecule has 0 aromatic rings. The highest BCUT2D eigenvalue weighted by Crippen LogP contribution is 2.40. The van der Waals surface area contributed by atoms with E-state index in [-0.39, 0.29) is 0 Å². The van der Waals surface area contributed by atoms with Crippen LogP contribution in [0.1, 0.15) is 59.8 Å². The Morgan fingerprint density at radius 1 is 1.20 bits per heavy atom. The van der Waals surface area contributed by atoms with Gasteiger partial charge in [-0.1, -0.05) is 47.0 Å². The van der Waals surface area contributed by atoms with Crippen LogP contribution in [0.4, 0.5) is 0 Å². The van der Waals surface area contributed by atoms with Crippen molar-refractivity contribution in [1.29, 1.82) is 0 Å². The maximum absolute atomic E-state index is 2.68. The van der Waals surface area contributed by atoms with Crippen LogP contribution in [0.3, 0.4) is 0 Å². The van der Waals surface area contributed by atoms with Gasteiger partial charge in [0, 0.05) is 6.54 Å². The lowest BCUT2D eigenvalue weighted by molar-refractivity contribution is 0.167. The summed E-state index contributed by atoms with van der Waals surface area (Å²) in [5.74, 6) is 0.948. The number of rotatable bonds is 6. The lowest BCUT2D eigenvalue weighted by Crippen LogP contribution is -2.30. The molecule has 1 aliphatic rings. The number of likely N-dealkylation sites (tertiary alicyclic amines) is 1. The van der Waals surface area contributed by atoms with Gasteiger partial charge >= 0.3 is 0 Å². The molecule has 15 heavy (non-hydrogen) atoms.